The fraction of sp³-hybridized carbons (Fsp3) is 0.571. The Kier molecular flexibility index (Phi) is 6.67. The Hall–Kier alpha value is -2.41. The normalized spacial score (nSPS) is 23.2. The number of benzene rings is 1. The molecule has 0 aliphatic carbocycles. The maximum absolute atomic E-state index is 12.8. The van der Waals surface area contributed by atoms with Crippen molar-refractivity contribution in [3.8, 4) is 0 Å². The molecule has 7 nitrogen and oxygen atoms in total. The third kappa shape index (κ3) is 5.10. The summed E-state index contributed by atoms with van der Waals surface area (Å²) in [6.45, 7) is 5.01. The van der Waals surface area contributed by atoms with Gasteiger partial charge in [-0.25, -0.2) is 0 Å². The van der Waals surface area contributed by atoms with Crippen LogP contribution >= 0.6 is 0 Å². The summed E-state index contributed by atoms with van der Waals surface area (Å²) in [4.78, 5) is 39.9. The van der Waals surface area contributed by atoms with E-state index in [2.05, 4.69) is 10.2 Å². The van der Waals surface area contributed by atoms with Crippen molar-refractivity contribution in [1.82, 2.24) is 9.80 Å². The number of carbonyl (C=O) groups excluding carboxylic acids is 3. The van der Waals surface area contributed by atoms with E-state index < -0.39 is 0 Å². The van der Waals surface area contributed by atoms with Crippen molar-refractivity contribution in [2.45, 2.75) is 39.2 Å². The highest BCUT2D eigenvalue weighted by Gasteiger charge is 2.28. The summed E-state index contributed by atoms with van der Waals surface area (Å²) in [6.07, 6.45) is 3.44. The molecule has 2 atom stereocenters. The molecule has 152 valence electrons. The predicted octanol–water partition coefficient (Wildman–Crippen LogP) is 1.58. The van der Waals surface area contributed by atoms with Crippen LogP contribution in [0.5, 0.6) is 0 Å². The molecule has 28 heavy (non-hydrogen) atoms. The lowest BCUT2D eigenvalue weighted by molar-refractivity contribution is -0.132. The number of likely N-dealkylation sites (tertiary alicyclic amines) is 2. The SMILES string of the molecule is CC(=O)N1CCCC(C(=O)Nc2ccccc2CN2CCCC(C(N)=O)C2)C1. The van der Waals surface area contributed by atoms with E-state index in [1.807, 2.05) is 24.3 Å². The third-order valence-electron chi connectivity index (χ3n) is 5.81. The average molecular weight is 386 g/mol. The number of nitrogens with two attached hydrogens (primary N) is 1. The fourth-order valence-electron chi connectivity index (χ4n) is 4.16. The van der Waals surface area contributed by atoms with Crippen LogP contribution in [-0.4, -0.2) is 53.7 Å². The molecular weight excluding hydrogens is 356 g/mol. The van der Waals surface area contributed by atoms with E-state index in [1.54, 1.807) is 11.8 Å². The molecule has 1 aromatic rings. The summed E-state index contributed by atoms with van der Waals surface area (Å²) in [6, 6.07) is 7.78. The quantitative estimate of drug-likeness (QED) is 0.803. The van der Waals surface area contributed by atoms with E-state index in [1.165, 1.54) is 0 Å². The molecule has 2 aliphatic heterocycles. The lowest BCUT2D eigenvalue weighted by atomic mass is 9.96. The Balaban J connectivity index is 1.64. The second kappa shape index (κ2) is 9.19. The van der Waals surface area contributed by atoms with E-state index in [9.17, 15) is 14.4 Å². The second-order valence-electron chi connectivity index (χ2n) is 7.93. The summed E-state index contributed by atoms with van der Waals surface area (Å²) in [5.41, 5.74) is 7.31. The van der Waals surface area contributed by atoms with Crippen LogP contribution in [0.4, 0.5) is 5.69 Å². The van der Waals surface area contributed by atoms with Crippen molar-refractivity contribution in [3.63, 3.8) is 0 Å². The minimum atomic E-state index is -0.237. The number of anilines is 1. The van der Waals surface area contributed by atoms with Gasteiger partial charge in [0.1, 0.15) is 0 Å². The number of nitrogens with one attached hydrogen (secondary N) is 1. The molecule has 2 unspecified atom stereocenters. The Morgan fingerprint density at radius 2 is 1.79 bits per heavy atom. The molecule has 2 fully saturated rings. The first-order valence-corrected chi connectivity index (χ1v) is 10.1. The smallest absolute Gasteiger partial charge is 0.229 e. The summed E-state index contributed by atoms with van der Waals surface area (Å²) < 4.78 is 0. The molecule has 3 amide bonds. The Morgan fingerprint density at radius 1 is 1.07 bits per heavy atom. The molecule has 3 rings (SSSR count). The minimum absolute atomic E-state index is 0.0204. The minimum Gasteiger partial charge on any atom is -0.369 e. The molecular formula is C21H30N4O3. The fourth-order valence-corrected chi connectivity index (χ4v) is 4.16. The lowest BCUT2D eigenvalue weighted by Crippen LogP contribution is -2.43. The number of nitrogens with zero attached hydrogens (tertiary/aromatic N) is 2. The van der Waals surface area contributed by atoms with E-state index >= 15 is 0 Å². The van der Waals surface area contributed by atoms with Crippen LogP contribution in [0, 0.1) is 11.8 Å². The zero-order valence-electron chi connectivity index (χ0n) is 16.5. The average Bonchev–Trinajstić information content (AvgIpc) is 2.69. The van der Waals surface area contributed by atoms with E-state index in [0.717, 1.165) is 50.0 Å². The number of amides is 3. The van der Waals surface area contributed by atoms with E-state index in [-0.39, 0.29) is 29.6 Å². The van der Waals surface area contributed by atoms with Gasteiger partial charge in [0.15, 0.2) is 0 Å². The zero-order valence-corrected chi connectivity index (χ0v) is 16.5. The summed E-state index contributed by atoms with van der Waals surface area (Å²) >= 11 is 0. The lowest BCUT2D eigenvalue weighted by Gasteiger charge is -2.32. The van der Waals surface area contributed by atoms with Gasteiger partial charge >= 0.3 is 0 Å². The molecule has 0 aromatic heterocycles. The van der Waals surface area contributed by atoms with Gasteiger partial charge in [-0.3, -0.25) is 19.3 Å². The van der Waals surface area contributed by atoms with Gasteiger partial charge in [0.25, 0.3) is 0 Å². The first-order chi connectivity index (χ1) is 13.4. The molecule has 7 heteroatoms. The number of rotatable bonds is 5. The molecule has 2 aliphatic rings. The van der Waals surface area contributed by atoms with Crippen molar-refractivity contribution >= 4 is 23.4 Å². The van der Waals surface area contributed by atoms with Crippen LogP contribution in [0.3, 0.4) is 0 Å². The summed E-state index contributed by atoms with van der Waals surface area (Å²) in [7, 11) is 0. The van der Waals surface area contributed by atoms with Gasteiger partial charge in [-0.2, -0.15) is 0 Å². The van der Waals surface area contributed by atoms with Crippen LogP contribution in [0.2, 0.25) is 0 Å². The molecule has 2 saturated heterocycles. The highest BCUT2D eigenvalue weighted by molar-refractivity contribution is 5.93. The molecule has 0 bridgehead atoms. The Labute approximate surface area is 166 Å². The van der Waals surface area contributed by atoms with Gasteiger partial charge < -0.3 is 16.0 Å². The Morgan fingerprint density at radius 3 is 2.54 bits per heavy atom. The van der Waals surface area contributed by atoms with Crippen molar-refractivity contribution in [2.24, 2.45) is 17.6 Å². The third-order valence-corrected chi connectivity index (χ3v) is 5.81. The molecule has 3 N–H and O–H groups in total. The van der Waals surface area contributed by atoms with Crippen molar-refractivity contribution in [2.75, 3.05) is 31.5 Å². The van der Waals surface area contributed by atoms with Gasteiger partial charge in [-0.15, -0.1) is 0 Å². The first kappa shape index (κ1) is 20.3. The zero-order chi connectivity index (χ0) is 20.1. The number of piperidine rings is 2. The standard InChI is InChI=1S/C21H30N4O3/c1-15(26)25-11-5-8-18(14-25)21(28)23-19-9-3-2-6-16(19)12-24-10-4-7-17(13-24)20(22)27/h2-3,6,9,17-18H,4-5,7-8,10-14H2,1H3,(H2,22,27)(H,23,28). The van der Waals surface area contributed by atoms with E-state index in [0.29, 0.717) is 19.6 Å². The maximum atomic E-state index is 12.8. The number of hydrogen-bond donors (Lipinski definition) is 2. The largest absolute Gasteiger partial charge is 0.369 e. The molecule has 0 radical (unpaired) electrons. The van der Waals surface area contributed by atoms with Gasteiger partial charge in [0.05, 0.1) is 11.8 Å². The van der Waals surface area contributed by atoms with Gasteiger partial charge in [0.2, 0.25) is 17.7 Å². The van der Waals surface area contributed by atoms with Crippen LogP contribution in [0.25, 0.3) is 0 Å². The summed E-state index contributed by atoms with van der Waals surface area (Å²) in [5, 5.41) is 3.07. The van der Waals surface area contributed by atoms with Gasteiger partial charge in [-0.1, -0.05) is 18.2 Å². The van der Waals surface area contributed by atoms with Gasteiger partial charge in [-0.05, 0) is 43.9 Å². The number of hydrogen-bond acceptors (Lipinski definition) is 4. The molecule has 2 heterocycles. The summed E-state index contributed by atoms with van der Waals surface area (Å²) in [5.74, 6) is -0.534. The highest BCUT2D eigenvalue weighted by atomic mass is 16.2. The topological polar surface area (TPSA) is 95.7 Å². The molecule has 0 spiro atoms. The maximum Gasteiger partial charge on any atom is 0.229 e. The van der Waals surface area contributed by atoms with Crippen LogP contribution in [0.15, 0.2) is 24.3 Å². The molecule has 1 aromatic carbocycles. The van der Waals surface area contributed by atoms with Crippen molar-refractivity contribution in [3.05, 3.63) is 29.8 Å². The van der Waals surface area contributed by atoms with Crippen LogP contribution in [0.1, 0.15) is 38.2 Å². The monoisotopic (exact) mass is 386 g/mol. The predicted molar refractivity (Wildman–Crippen MR) is 107 cm³/mol. The number of para-hydroxylation sites is 1. The second-order valence-corrected chi connectivity index (χ2v) is 7.93. The number of primary amides is 1. The van der Waals surface area contributed by atoms with Crippen LogP contribution in [-0.2, 0) is 20.9 Å². The first-order valence-electron chi connectivity index (χ1n) is 10.1. The van der Waals surface area contributed by atoms with Crippen molar-refractivity contribution in [1.29, 1.82) is 0 Å². The Bertz CT molecular complexity index is 736. The van der Waals surface area contributed by atoms with Crippen molar-refractivity contribution < 1.29 is 14.4 Å². The highest BCUT2D eigenvalue weighted by Crippen LogP contribution is 2.24. The molecule has 0 saturated carbocycles. The van der Waals surface area contributed by atoms with Gasteiger partial charge in [0, 0.05) is 38.8 Å². The number of carbonyl (C=O) groups is 3. The van der Waals surface area contributed by atoms with Crippen LogP contribution < -0.4 is 11.1 Å². The van der Waals surface area contributed by atoms with E-state index in [4.69, 9.17) is 5.73 Å².